The van der Waals surface area contributed by atoms with Crippen molar-refractivity contribution in [1.29, 1.82) is 0 Å². The van der Waals surface area contributed by atoms with Gasteiger partial charge in [-0.2, -0.15) is 0 Å². The number of rotatable bonds is 5. The Hall–Kier alpha value is -2.69. The summed E-state index contributed by atoms with van der Waals surface area (Å²) < 4.78 is 1.78. The van der Waals surface area contributed by atoms with Crippen molar-refractivity contribution >= 4 is 39.7 Å². The summed E-state index contributed by atoms with van der Waals surface area (Å²) in [5.41, 5.74) is 3.07. The first kappa shape index (κ1) is 17.7. The van der Waals surface area contributed by atoms with Crippen LogP contribution in [0.4, 0.5) is 5.69 Å². The van der Waals surface area contributed by atoms with Gasteiger partial charge < -0.3 is 15.0 Å². The topological polar surface area (TPSA) is 50.1 Å². The van der Waals surface area contributed by atoms with E-state index < -0.39 is 0 Å². The van der Waals surface area contributed by atoms with E-state index >= 15 is 0 Å². The molecule has 6 heteroatoms. The molecule has 0 bridgehead atoms. The van der Waals surface area contributed by atoms with Crippen LogP contribution in [0.3, 0.4) is 0 Å². The number of halogens is 2. The molecule has 0 aliphatic heterocycles. The van der Waals surface area contributed by atoms with Crippen molar-refractivity contribution in [2.75, 3.05) is 5.32 Å². The first-order valence-electron chi connectivity index (χ1n) is 8.49. The largest absolute Gasteiger partial charge is 0.494 e. The molecule has 0 saturated carbocycles. The molecule has 0 fully saturated rings. The molecule has 4 nitrogen and oxygen atoms in total. The number of nitrogens with zero attached hydrogens (tertiary/aromatic N) is 2. The van der Waals surface area contributed by atoms with Crippen LogP contribution >= 0.6 is 23.2 Å². The Labute approximate surface area is 167 Å². The van der Waals surface area contributed by atoms with Gasteiger partial charge in [-0.25, -0.2) is 0 Å². The van der Waals surface area contributed by atoms with Gasteiger partial charge in [-0.05, 0) is 47.5 Å². The SMILES string of the molecule is Oc1c2c(Cl)cc(NCc3ccncc3)cc2cn1Cc1ccc(Cl)cc1. The maximum absolute atomic E-state index is 10.6. The molecule has 2 aromatic carbocycles. The first-order chi connectivity index (χ1) is 13.1. The molecule has 136 valence electrons. The highest BCUT2D eigenvalue weighted by molar-refractivity contribution is 6.36. The van der Waals surface area contributed by atoms with Crippen molar-refractivity contribution < 1.29 is 5.11 Å². The summed E-state index contributed by atoms with van der Waals surface area (Å²) >= 11 is 12.4. The lowest BCUT2D eigenvalue weighted by atomic mass is 10.2. The van der Waals surface area contributed by atoms with E-state index in [1.165, 1.54) is 0 Å². The van der Waals surface area contributed by atoms with Crippen LogP contribution in [-0.2, 0) is 13.1 Å². The predicted molar refractivity (Wildman–Crippen MR) is 111 cm³/mol. The molecule has 0 amide bonds. The molecular weight excluding hydrogens is 381 g/mol. The summed E-state index contributed by atoms with van der Waals surface area (Å²) in [4.78, 5) is 4.02. The lowest BCUT2D eigenvalue weighted by Crippen LogP contribution is -1.99. The second-order valence-corrected chi connectivity index (χ2v) is 7.18. The van der Waals surface area contributed by atoms with Crippen molar-refractivity contribution in [3.63, 3.8) is 0 Å². The molecule has 27 heavy (non-hydrogen) atoms. The van der Waals surface area contributed by atoms with E-state index in [-0.39, 0.29) is 5.88 Å². The minimum absolute atomic E-state index is 0.158. The molecule has 2 heterocycles. The molecule has 4 rings (SSSR count). The van der Waals surface area contributed by atoms with Crippen LogP contribution in [0.2, 0.25) is 10.0 Å². The quantitative estimate of drug-likeness (QED) is 0.453. The second-order valence-electron chi connectivity index (χ2n) is 6.34. The van der Waals surface area contributed by atoms with Gasteiger partial charge >= 0.3 is 0 Å². The van der Waals surface area contributed by atoms with Gasteiger partial charge in [-0.3, -0.25) is 4.98 Å². The van der Waals surface area contributed by atoms with Gasteiger partial charge in [0, 0.05) is 41.2 Å². The fraction of sp³-hybridized carbons (Fsp3) is 0.0952. The molecule has 2 aromatic heterocycles. The van der Waals surface area contributed by atoms with Gasteiger partial charge in [0.15, 0.2) is 0 Å². The minimum Gasteiger partial charge on any atom is -0.494 e. The number of benzene rings is 2. The van der Waals surface area contributed by atoms with Crippen molar-refractivity contribution in [3.8, 4) is 5.88 Å². The van der Waals surface area contributed by atoms with E-state index in [2.05, 4.69) is 10.3 Å². The number of aromatic hydroxyl groups is 1. The van der Waals surface area contributed by atoms with Crippen molar-refractivity contribution in [2.45, 2.75) is 13.1 Å². The molecular formula is C21H17Cl2N3O. The average Bonchev–Trinajstić information content (AvgIpc) is 2.98. The van der Waals surface area contributed by atoms with Crippen LogP contribution in [0.1, 0.15) is 11.1 Å². The fourth-order valence-electron chi connectivity index (χ4n) is 3.05. The van der Waals surface area contributed by atoms with E-state index in [0.717, 1.165) is 22.2 Å². The molecule has 0 atom stereocenters. The Morgan fingerprint density at radius 3 is 2.44 bits per heavy atom. The molecule has 0 spiro atoms. The lowest BCUT2D eigenvalue weighted by Gasteiger charge is -2.08. The third kappa shape index (κ3) is 3.87. The van der Waals surface area contributed by atoms with Crippen molar-refractivity contribution in [1.82, 2.24) is 9.55 Å². The van der Waals surface area contributed by atoms with Crippen LogP contribution in [-0.4, -0.2) is 14.7 Å². The highest BCUT2D eigenvalue weighted by atomic mass is 35.5. The predicted octanol–water partition coefficient (Wildman–Crippen LogP) is 5.71. The third-order valence-corrected chi connectivity index (χ3v) is 4.97. The highest BCUT2D eigenvalue weighted by Gasteiger charge is 2.13. The number of fused-ring (bicyclic) bond motifs is 1. The zero-order valence-electron chi connectivity index (χ0n) is 14.4. The number of hydrogen-bond acceptors (Lipinski definition) is 3. The molecule has 0 unspecified atom stereocenters. The van der Waals surface area contributed by atoms with E-state index in [1.54, 1.807) is 17.0 Å². The summed E-state index contributed by atoms with van der Waals surface area (Å²) in [6.07, 6.45) is 5.44. The number of hydrogen-bond donors (Lipinski definition) is 2. The number of aromatic nitrogens is 2. The normalized spacial score (nSPS) is 11.0. The van der Waals surface area contributed by atoms with Gasteiger partial charge in [0.05, 0.1) is 17.0 Å². The highest BCUT2D eigenvalue weighted by Crippen LogP contribution is 2.36. The van der Waals surface area contributed by atoms with Crippen LogP contribution in [0.5, 0.6) is 5.88 Å². The monoisotopic (exact) mass is 397 g/mol. The molecule has 2 N–H and O–H groups in total. The van der Waals surface area contributed by atoms with Crippen LogP contribution in [0.15, 0.2) is 67.1 Å². The summed E-state index contributed by atoms with van der Waals surface area (Å²) in [6, 6.07) is 15.3. The molecule has 0 aliphatic carbocycles. The lowest BCUT2D eigenvalue weighted by molar-refractivity contribution is 0.430. The maximum Gasteiger partial charge on any atom is 0.200 e. The van der Waals surface area contributed by atoms with Crippen molar-refractivity contribution in [2.24, 2.45) is 0 Å². The van der Waals surface area contributed by atoms with Crippen LogP contribution in [0.25, 0.3) is 10.8 Å². The van der Waals surface area contributed by atoms with Gasteiger partial charge in [-0.1, -0.05) is 35.3 Å². The van der Waals surface area contributed by atoms with E-state index in [4.69, 9.17) is 23.2 Å². The molecule has 4 aromatic rings. The van der Waals surface area contributed by atoms with Gasteiger partial charge in [0.25, 0.3) is 0 Å². The van der Waals surface area contributed by atoms with Gasteiger partial charge in [0.1, 0.15) is 0 Å². The number of anilines is 1. The standard InChI is InChI=1S/C21H17Cl2N3O/c22-17-3-1-15(2-4-17)12-26-13-16-9-18(10-19(23)20(16)21(26)27)25-11-14-5-7-24-8-6-14/h1-10,13,25,27H,11-12H2. The van der Waals surface area contributed by atoms with Gasteiger partial charge in [0.2, 0.25) is 5.88 Å². The summed E-state index contributed by atoms with van der Waals surface area (Å²) in [6.45, 7) is 1.20. The van der Waals surface area contributed by atoms with Crippen LogP contribution < -0.4 is 5.32 Å². The second kappa shape index (κ2) is 7.51. The first-order valence-corrected chi connectivity index (χ1v) is 9.24. The molecule has 0 saturated heterocycles. The Kier molecular flexibility index (Phi) is 4.92. The summed E-state index contributed by atoms with van der Waals surface area (Å²) in [7, 11) is 0. The Balaban J connectivity index is 1.61. The van der Waals surface area contributed by atoms with E-state index in [9.17, 15) is 5.11 Å². The van der Waals surface area contributed by atoms with E-state index in [1.807, 2.05) is 54.7 Å². The number of pyridine rings is 1. The Morgan fingerprint density at radius 1 is 0.963 bits per heavy atom. The minimum atomic E-state index is 0.158. The van der Waals surface area contributed by atoms with Gasteiger partial charge in [-0.15, -0.1) is 0 Å². The molecule has 0 radical (unpaired) electrons. The smallest absolute Gasteiger partial charge is 0.200 e. The Morgan fingerprint density at radius 2 is 1.70 bits per heavy atom. The summed E-state index contributed by atoms with van der Waals surface area (Å²) in [5.74, 6) is 0.158. The molecule has 0 aliphatic rings. The zero-order valence-corrected chi connectivity index (χ0v) is 15.9. The van der Waals surface area contributed by atoms with Crippen LogP contribution in [0, 0.1) is 0 Å². The average molecular weight is 398 g/mol. The Bertz CT molecular complexity index is 1080. The maximum atomic E-state index is 10.6. The third-order valence-electron chi connectivity index (χ3n) is 4.42. The van der Waals surface area contributed by atoms with Crippen molar-refractivity contribution in [3.05, 3.63) is 88.3 Å². The fourth-order valence-corrected chi connectivity index (χ4v) is 3.49. The zero-order chi connectivity index (χ0) is 18.8. The summed E-state index contributed by atoms with van der Waals surface area (Å²) in [5, 5.41) is 16.7. The number of nitrogens with one attached hydrogen (secondary N) is 1. The van der Waals surface area contributed by atoms with E-state index in [0.29, 0.717) is 28.5 Å².